The SMILES string of the molecule is CCOc1cc(C(=S)N2CCCCC2)cc(Br)c1OCc1ccc(F)cc1. The van der Waals surface area contributed by atoms with E-state index in [1.165, 1.54) is 31.4 Å². The molecular formula is C21H23BrFNO2S. The number of piperidine rings is 1. The zero-order valence-electron chi connectivity index (χ0n) is 15.3. The Hall–Kier alpha value is -1.66. The van der Waals surface area contributed by atoms with Crippen LogP contribution >= 0.6 is 28.1 Å². The number of hydrogen-bond acceptors (Lipinski definition) is 3. The minimum atomic E-state index is -0.259. The van der Waals surface area contributed by atoms with Crippen molar-refractivity contribution in [1.29, 1.82) is 0 Å². The lowest BCUT2D eigenvalue weighted by Gasteiger charge is -2.29. The van der Waals surface area contributed by atoms with Crippen molar-refractivity contribution in [3.8, 4) is 11.5 Å². The number of thiocarbonyl (C=S) groups is 1. The van der Waals surface area contributed by atoms with E-state index >= 15 is 0 Å². The standard InChI is InChI=1S/C21H23BrFNO2S/c1-2-25-19-13-16(21(27)24-10-4-3-5-11-24)12-18(22)20(19)26-14-15-6-8-17(23)9-7-15/h6-9,12-13H,2-5,10-11,14H2,1H3. The van der Waals surface area contributed by atoms with Crippen LogP contribution in [0.5, 0.6) is 11.5 Å². The second kappa shape index (κ2) is 9.51. The molecule has 27 heavy (non-hydrogen) atoms. The van der Waals surface area contributed by atoms with E-state index < -0.39 is 0 Å². The van der Waals surface area contributed by atoms with Crippen molar-refractivity contribution in [3.05, 3.63) is 57.8 Å². The molecule has 0 radical (unpaired) electrons. The van der Waals surface area contributed by atoms with E-state index in [-0.39, 0.29) is 5.82 Å². The minimum absolute atomic E-state index is 0.259. The average molecular weight is 452 g/mol. The molecule has 1 saturated heterocycles. The lowest BCUT2D eigenvalue weighted by atomic mass is 10.1. The van der Waals surface area contributed by atoms with Crippen molar-refractivity contribution in [2.24, 2.45) is 0 Å². The zero-order chi connectivity index (χ0) is 19.2. The second-order valence-electron chi connectivity index (χ2n) is 6.49. The van der Waals surface area contributed by atoms with Crippen LogP contribution in [0.2, 0.25) is 0 Å². The number of halogens is 2. The van der Waals surface area contributed by atoms with Crippen molar-refractivity contribution in [3.63, 3.8) is 0 Å². The lowest BCUT2D eigenvalue weighted by molar-refractivity contribution is 0.267. The molecule has 0 aliphatic carbocycles. The van der Waals surface area contributed by atoms with Gasteiger partial charge >= 0.3 is 0 Å². The molecule has 1 fully saturated rings. The van der Waals surface area contributed by atoms with Crippen LogP contribution in [0.25, 0.3) is 0 Å². The van der Waals surface area contributed by atoms with Crippen molar-refractivity contribution in [1.82, 2.24) is 4.90 Å². The first kappa shape index (κ1) is 20.1. The van der Waals surface area contributed by atoms with Crippen LogP contribution in [0.4, 0.5) is 4.39 Å². The Morgan fingerprint density at radius 3 is 2.48 bits per heavy atom. The van der Waals surface area contributed by atoms with E-state index in [0.29, 0.717) is 24.7 Å². The molecule has 0 spiro atoms. The van der Waals surface area contributed by atoms with E-state index in [0.717, 1.165) is 33.7 Å². The summed E-state index contributed by atoms with van der Waals surface area (Å²) in [5.74, 6) is 1.03. The van der Waals surface area contributed by atoms with Gasteiger partial charge in [0.1, 0.15) is 17.4 Å². The van der Waals surface area contributed by atoms with Crippen LogP contribution in [0.3, 0.4) is 0 Å². The van der Waals surface area contributed by atoms with E-state index in [4.69, 9.17) is 21.7 Å². The summed E-state index contributed by atoms with van der Waals surface area (Å²) in [4.78, 5) is 3.11. The van der Waals surface area contributed by atoms with E-state index in [9.17, 15) is 4.39 Å². The first-order chi connectivity index (χ1) is 13.1. The molecule has 1 aliphatic heterocycles. The Balaban J connectivity index is 1.80. The summed E-state index contributed by atoms with van der Waals surface area (Å²) in [5, 5.41) is 0. The van der Waals surface area contributed by atoms with E-state index in [1.54, 1.807) is 12.1 Å². The second-order valence-corrected chi connectivity index (χ2v) is 7.73. The first-order valence-corrected chi connectivity index (χ1v) is 10.4. The molecular weight excluding hydrogens is 429 g/mol. The Kier molecular flexibility index (Phi) is 7.07. The van der Waals surface area contributed by atoms with Crippen molar-refractivity contribution >= 4 is 33.1 Å². The molecule has 0 atom stereocenters. The van der Waals surface area contributed by atoms with Gasteiger partial charge in [-0.3, -0.25) is 0 Å². The Labute approximate surface area is 173 Å². The summed E-state index contributed by atoms with van der Waals surface area (Å²) < 4.78 is 25.6. The third-order valence-electron chi connectivity index (χ3n) is 4.50. The van der Waals surface area contributed by atoms with E-state index in [1.807, 2.05) is 19.1 Å². The third-order valence-corrected chi connectivity index (χ3v) is 5.58. The average Bonchev–Trinajstić information content (AvgIpc) is 2.69. The molecule has 2 aromatic rings. The highest BCUT2D eigenvalue weighted by Gasteiger charge is 2.19. The predicted octanol–water partition coefficient (Wildman–Crippen LogP) is 5.73. The number of hydrogen-bond donors (Lipinski definition) is 0. The number of likely N-dealkylation sites (tertiary alicyclic amines) is 1. The summed E-state index contributed by atoms with van der Waals surface area (Å²) in [6.07, 6.45) is 3.63. The summed E-state index contributed by atoms with van der Waals surface area (Å²) in [6.45, 7) is 4.80. The predicted molar refractivity (Wildman–Crippen MR) is 113 cm³/mol. The number of ether oxygens (including phenoxy) is 2. The van der Waals surface area contributed by atoms with Gasteiger partial charge in [-0.15, -0.1) is 0 Å². The van der Waals surface area contributed by atoms with Crippen LogP contribution < -0.4 is 9.47 Å². The highest BCUT2D eigenvalue weighted by atomic mass is 79.9. The first-order valence-electron chi connectivity index (χ1n) is 9.21. The summed E-state index contributed by atoms with van der Waals surface area (Å²) in [5.41, 5.74) is 1.84. The van der Waals surface area contributed by atoms with Crippen LogP contribution in [0.15, 0.2) is 40.9 Å². The molecule has 0 aromatic heterocycles. The quantitative estimate of drug-likeness (QED) is 0.522. The number of benzene rings is 2. The molecule has 0 amide bonds. The fourth-order valence-electron chi connectivity index (χ4n) is 3.11. The molecule has 1 heterocycles. The van der Waals surface area contributed by atoms with Gasteiger partial charge in [0.25, 0.3) is 0 Å². The Bertz CT molecular complexity index is 792. The molecule has 1 aliphatic rings. The molecule has 3 rings (SSSR count). The maximum absolute atomic E-state index is 13.1. The third kappa shape index (κ3) is 5.20. The fourth-order valence-corrected chi connectivity index (χ4v) is 3.97. The molecule has 3 nitrogen and oxygen atoms in total. The summed E-state index contributed by atoms with van der Waals surface area (Å²) in [6, 6.07) is 10.2. The van der Waals surface area contributed by atoms with Gasteiger partial charge in [0.15, 0.2) is 11.5 Å². The maximum atomic E-state index is 13.1. The molecule has 0 unspecified atom stereocenters. The van der Waals surface area contributed by atoms with E-state index in [2.05, 4.69) is 20.8 Å². The minimum Gasteiger partial charge on any atom is -0.490 e. The van der Waals surface area contributed by atoms with Crippen molar-refractivity contribution in [2.75, 3.05) is 19.7 Å². The molecule has 0 saturated carbocycles. The van der Waals surface area contributed by atoms with Crippen LogP contribution in [-0.2, 0) is 6.61 Å². The fraction of sp³-hybridized carbons (Fsp3) is 0.381. The van der Waals surface area contributed by atoms with Gasteiger partial charge in [0, 0.05) is 18.7 Å². The van der Waals surface area contributed by atoms with Gasteiger partial charge in [0.2, 0.25) is 0 Å². The smallest absolute Gasteiger partial charge is 0.175 e. The highest BCUT2D eigenvalue weighted by Crippen LogP contribution is 2.38. The summed E-state index contributed by atoms with van der Waals surface area (Å²) in [7, 11) is 0. The Morgan fingerprint density at radius 1 is 1.11 bits per heavy atom. The maximum Gasteiger partial charge on any atom is 0.175 e. The molecule has 2 aromatic carbocycles. The van der Waals surface area contributed by atoms with Gasteiger partial charge in [-0.2, -0.15) is 0 Å². The van der Waals surface area contributed by atoms with Gasteiger partial charge in [0.05, 0.1) is 11.1 Å². The van der Waals surface area contributed by atoms with Crippen LogP contribution in [0.1, 0.15) is 37.3 Å². The lowest BCUT2D eigenvalue weighted by Crippen LogP contribution is -2.34. The van der Waals surface area contributed by atoms with Crippen LogP contribution in [0, 0.1) is 5.82 Å². The summed E-state index contributed by atoms with van der Waals surface area (Å²) >= 11 is 9.32. The van der Waals surface area contributed by atoms with Crippen molar-refractivity contribution < 1.29 is 13.9 Å². The van der Waals surface area contributed by atoms with Gasteiger partial charge in [-0.1, -0.05) is 24.4 Å². The number of rotatable bonds is 6. The molecule has 0 N–H and O–H groups in total. The molecule has 6 heteroatoms. The number of nitrogens with zero attached hydrogens (tertiary/aromatic N) is 1. The monoisotopic (exact) mass is 451 g/mol. The van der Waals surface area contributed by atoms with Gasteiger partial charge in [-0.05, 0) is 71.9 Å². The topological polar surface area (TPSA) is 21.7 Å². The normalized spacial score (nSPS) is 14.1. The molecule has 0 bridgehead atoms. The Morgan fingerprint density at radius 2 is 1.81 bits per heavy atom. The van der Waals surface area contributed by atoms with Crippen LogP contribution in [-0.4, -0.2) is 29.6 Å². The van der Waals surface area contributed by atoms with Crippen molar-refractivity contribution in [2.45, 2.75) is 32.8 Å². The van der Waals surface area contributed by atoms with Gasteiger partial charge < -0.3 is 14.4 Å². The molecule has 144 valence electrons. The van der Waals surface area contributed by atoms with Gasteiger partial charge in [-0.25, -0.2) is 4.39 Å². The highest BCUT2D eigenvalue weighted by molar-refractivity contribution is 9.10. The zero-order valence-corrected chi connectivity index (χ0v) is 17.7. The largest absolute Gasteiger partial charge is 0.490 e.